The lowest BCUT2D eigenvalue weighted by atomic mass is 9.87. The third kappa shape index (κ3) is 5.28. The van der Waals surface area contributed by atoms with Crippen LogP contribution in [-0.4, -0.2) is 31.7 Å². The summed E-state index contributed by atoms with van der Waals surface area (Å²) < 4.78 is 21.7. The molecule has 0 radical (unpaired) electrons. The van der Waals surface area contributed by atoms with Crippen molar-refractivity contribution in [2.24, 2.45) is 5.73 Å². The average Bonchev–Trinajstić information content (AvgIpc) is 2.14. The van der Waals surface area contributed by atoms with Gasteiger partial charge in [-0.15, -0.1) is 0 Å². The van der Waals surface area contributed by atoms with Gasteiger partial charge in [-0.2, -0.15) is 0 Å². The molecular weight excluding hydrogens is 214 g/mol. The summed E-state index contributed by atoms with van der Waals surface area (Å²) in [7, 11) is -2.97. The van der Waals surface area contributed by atoms with Crippen molar-refractivity contribution in [3.05, 3.63) is 0 Å². The fourth-order valence-electron chi connectivity index (χ4n) is 1.39. The van der Waals surface area contributed by atoms with Crippen LogP contribution < -0.4 is 5.73 Å². The van der Waals surface area contributed by atoms with Crippen LogP contribution in [0, 0.1) is 0 Å². The number of hydrogen-bond acceptors (Lipinski definition) is 4. The van der Waals surface area contributed by atoms with E-state index in [-0.39, 0.29) is 18.0 Å². The summed E-state index contributed by atoms with van der Waals surface area (Å²) in [6.07, 6.45) is 3.00. The van der Waals surface area contributed by atoms with Crippen molar-refractivity contribution in [2.75, 3.05) is 12.0 Å². The van der Waals surface area contributed by atoms with Gasteiger partial charge in [-0.05, 0) is 19.3 Å². The fourth-order valence-corrected chi connectivity index (χ4v) is 2.06. The fraction of sp³-hybridized carbons (Fsp3) is 0.900. The van der Waals surface area contributed by atoms with Crippen molar-refractivity contribution in [3.63, 3.8) is 0 Å². The van der Waals surface area contributed by atoms with Gasteiger partial charge < -0.3 is 5.73 Å². The second-order valence-corrected chi connectivity index (χ2v) is 6.28. The lowest BCUT2D eigenvalue weighted by Gasteiger charge is -2.24. The highest BCUT2D eigenvalue weighted by Gasteiger charge is 2.28. The van der Waals surface area contributed by atoms with Gasteiger partial charge in [0.2, 0.25) is 0 Å². The van der Waals surface area contributed by atoms with Crippen LogP contribution in [0.4, 0.5) is 0 Å². The highest BCUT2D eigenvalue weighted by atomic mass is 32.2. The molecule has 0 aromatic heterocycles. The molecule has 2 N–H and O–H groups in total. The van der Waals surface area contributed by atoms with Crippen molar-refractivity contribution in [2.45, 2.75) is 45.1 Å². The maximum atomic E-state index is 11.7. The molecule has 0 aliphatic heterocycles. The first kappa shape index (κ1) is 14.6. The van der Waals surface area contributed by atoms with Gasteiger partial charge in [-0.3, -0.25) is 4.79 Å². The molecule has 0 aliphatic carbocycles. The third-order valence-electron chi connectivity index (χ3n) is 2.74. The maximum absolute atomic E-state index is 11.7. The molecule has 0 bridgehead atoms. The molecule has 15 heavy (non-hydrogen) atoms. The third-order valence-corrected chi connectivity index (χ3v) is 3.77. The zero-order valence-corrected chi connectivity index (χ0v) is 10.6. The van der Waals surface area contributed by atoms with Crippen molar-refractivity contribution >= 4 is 15.6 Å². The van der Waals surface area contributed by atoms with Crippen molar-refractivity contribution < 1.29 is 13.2 Å². The highest BCUT2D eigenvalue weighted by molar-refractivity contribution is 7.90. The van der Waals surface area contributed by atoms with E-state index >= 15 is 0 Å². The molecular formula is C10H21NO3S. The summed E-state index contributed by atoms with van der Waals surface area (Å²) in [4.78, 5) is 11.7. The van der Waals surface area contributed by atoms with Crippen LogP contribution in [0.15, 0.2) is 0 Å². The van der Waals surface area contributed by atoms with E-state index in [1.807, 2.05) is 13.8 Å². The number of carbonyl (C=O) groups is 1. The lowest BCUT2D eigenvalue weighted by Crippen LogP contribution is -2.46. The molecule has 0 aliphatic rings. The van der Waals surface area contributed by atoms with Gasteiger partial charge >= 0.3 is 0 Å². The number of ketones is 1. The smallest absolute Gasteiger partial charge is 0.152 e. The standard InChI is InChI=1S/C10H21NO3S/c1-4-10(11,5-2)9(12)7-6-8-15(3,13)14/h4-8,11H2,1-3H3. The molecule has 0 fully saturated rings. The predicted molar refractivity (Wildman–Crippen MR) is 61.5 cm³/mol. The normalized spacial score (nSPS) is 12.8. The Hall–Kier alpha value is -0.420. The minimum atomic E-state index is -2.97. The Morgan fingerprint density at radius 1 is 1.27 bits per heavy atom. The van der Waals surface area contributed by atoms with Crippen molar-refractivity contribution in [1.82, 2.24) is 0 Å². The molecule has 0 spiro atoms. The van der Waals surface area contributed by atoms with E-state index < -0.39 is 15.4 Å². The van der Waals surface area contributed by atoms with Gasteiger partial charge in [0.25, 0.3) is 0 Å². The van der Waals surface area contributed by atoms with Crippen LogP contribution in [0.3, 0.4) is 0 Å². The number of Topliss-reactive ketones (excluding diaryl/α,β-unsaturated/α-hetero) is 1. The second-order valence-electron chi connectivity index (χ2n) is 4.02. The molecule has 0 rings (SSSR count). The van der Waals surface area contributed by atoms with Gasteiger partial charge in [0.05, 0.1) is 11.3 Å². The summed E-state index contributed by atoms with van der Waals surface area (Å²) in [5.41, 5.74) is 5.12. The Balaban J connectivity index is 4.15. The number of hydrogen-bond donors (Lipinski definition) is 1. The topological polar surface area (TPSA) is 77.2 Å². The number of nitrogens with two attached hydrogens (primary N) is 1. The zero-order chi connectivity index (χ0) is 12.1. The predicted octanol–water partition coefficient (Wildman–Crippen LogP) is 0.898. The monoisotopic (exact) mass is 235 g/mol. The first-order chi connectivity index (χ1) is 6.75. The molecule has 0 amide bonds. The van der Waals surface area contributed by atoms with E-state index in [4.69, 9.17) is 5.73 Å². The van der Waals surface area contributed by atoms with Crippen LogP contribution in [0.25, 0.3) is 0 Å². The molecule has 0 atom stereocenters. The molecule has 0 heterocycles. The van der Waals surface area contributed by atoms with E-state index in [9.17, 15) is 13.2 Å². The molecule has 0 unspecified atom stereocenters. The van der Waals surface area contributed by atoms with Gasteiger partial charge in [-0.25, -0.2) is 8.42 Å². The minimum Gasteiger partial charge on any atom is -0.319 e. The van der Waals surface area contributed by atoms with E-state index in [2.05, 4.69) is 0 Å². The van der Waals surface area contributed by atoms with Crippen LogP contribution in [0.5, 0.6) is 0 Å². The Kier molecular flexibility index (Phi) is 5.45. The van der Waals surface area contributed by atoms with Crippen molar-refractivity contribution in [1.29, 1.82) is 0 Å². The molecule has 90 valence electrons. The van der Waals surface area contributed by atoms with Crippen LogP contribution in [0.2, 0.25) is 0 Å². The Morgan fingerprint density at radius 3 is 2.07 bits per heavy atom. The lowest BCUT2D eigenvalue weighted by molar-refractivity contribution is -0.124. The van der Waals surface area contributed by atoms with E-state index in [1.54, 1.807) is 0 Å². The zero-order valence-electron chi connectivity index (χ0n) is 9.75. The molecule has 4 nitrogen and oxygen atoms in total. The average molecular weight is 235 g/mol. The van der Waals surface area contributed by atoms with Crippen LogP contribution >= 0.6 is 0 Å². The van der Waals surface area contributed by atoms with Gasteiger partial charge in [0.1, 0.15) is 9.84 Å². The summed E-state index contributed by atoms with van der Waals surface area (Å²) >= 11 is 0. The molecule has 0 aromatic carbocycles. The Morgan fingerprint density at radius 2 is 1.73 bits per heavy atom. The molecule has 0 saturated carbocycles. The van der Waals surface area contributed by atoms with Crippen molar-refractivity contribution in [3.8, 4) is 0 Å². The van der Waals surface area contributed by atoms with E-state index in [1.165, 1.54) is 6.26 Å². The van der Waals surface area contributed by atoms with E-state index in [0.29, 0.717) is 19.3 Å². The van der Waals surface area contributed by atoms with Crippen LogP contribution in [0.1, 0.15) is 39.5 Å². The molecule has 5 heteroatoms. The van der Waals surface area contributed by atoms with Gasteiger partial charge in [0, 0.05) is 12.7 Å². The van der Waals surface area contributed by atoms with E-state index in [0.717, 1.165) is 0 Å². The Bertz CT molecular complexity index is 305. The van der Waals surface area contributed by atoms with Gasteiger partial charge in [0.15, 0.2) is 5.78 Å². The quantitative estimate of drug-likeness (QED) is 0.711. The molecule has 0 saturated heterocycles. The SMILES string of the molecule is CCC(N)(CC)C(=O)CCCS(C)(=O)=O. The summed E-state index contributed by atoms with van der Waals surface area (Å²) in [5.74, 6) is 0.0264. The summed E-state index contributed by atoms with van der Waals surface area (Å²) in [5, 5.41) is 0. The Labute approximate surface area is 92.2 Å². The minimum absolute atomic E-state index is 0.0313. The summed E-state index contributed by atoms with van der Waals surface area (Å²) in [6.45, 7) is 3.75. The second kappa shape index (κ2) is 5.61. The molecule has 0 aromatic rings. The first-order valence-electron chi connectivity index (χ1n) is 5.25. The summed E-state index contributed by atoms with van der Waals surface area (Å²) in [6, 6.07) is 0. The maximum Gasteiger partial charge on any atom is 0.152 e. The number of carbonyl (C=O) groups excluding carboxylic acids is 1. The number of rotatable bonds is 7. The van der Waals surface area contributed by atoms with Gasteiger partial charge in [-0.1, -0.05) is 13.8 Å². The highest BCUT2D eigenvalue weighted by Crippen LogP contribution is 2.15. The largest absolute Gasteiger partial charge is 0.319 e. The van der Waals surface area contributed by atoms with Crippen LogP contribution in [-0.2, 0) is 14.6 Å². The number of sulfone groups is 1. The first-order valence-corrected chi connectivity index (χ1v) is 7.31.